The zero-order valence-electron chi connectivity index (χ0n) is 17.5. The highest BCUT2D eigenvalue weighted by Gasteiger charge is 2.41. The van der Waals surface area contributed by atoms with Crippen molar-refractivity contribution in [2.45, 2.75) is 64.3 Å². The predicted molar refractivity (Wildman–Crippen MR) is 108 cm³/mol. The van der Waals surface area contributed by atoms with Crippen molar-refractivity contribution in [3.05, 3.63) is 11.8 Å². The number of ketones is 1. The lowest BCUT2D eigenvalue weighted by Crippen LogP contribution is -2.52. The van der Waals surface area contributed by atoms with Gasteiger partial charge in [0.1, 0.15) is 0 Å². The van der Waals surface area contributed by atoms with Crippen LogP contribution in [-0.4, -0.2) is 72.7 Å². The number of carbonyl (C=O) groups excluding carboxylic acids is 2. The molecule has 2 saturated heterocycles. The highest BCUT2D eigenvalue weighted by atomic mass is 16.2. The Balaban J connectivity index is 1.66. The molecular weight excluding hydrogens is 338 g/mol. The first-order chi connectivity index (χ1) is 13.0. The lowest BCUT2D eigenvalue weighted by atomic mass is 9.72. The maximum atomic E-state index is 12.8. The van der Waals surface area contributed by atoms with Gasteiger partial charge in [-0.15, -0.1) is 0 Å². The van der Waals surface area contributed by atoms with E-state index in [2.05, 4.69) is 16.7 Å². The Morgan fingerprint density at radius 2 is 1.93 bits per heavy atom. The van der Waals surface area contributed by atoms with Crippen LogP contribution in [0.5, 0.6) is 0 Å². The van der Waals surface area contributed by atoms with Gasteiger partial charge in [-0.25, -0.2) is 0 Å². The molecule has 0 aromatic heterocycles. The molecule has 2 aliphatic heterocycles. The van der Waals surface area contributed by atoms with Crippen LogP contribution in [0.3, 0.4) is 0 Å². The molecule has 0 unspecified atom stereocenters. The van der Waals surface area contributed by atoms with Gasteiger partial charge in [0, 0.05) is 64.4 Å². The van der Waals surface area contributed by atoms with Crippen LogP contribution < -0.4 is 0 Å². The van der Waals surface area contributed by atoms with E-state index >= 15 is 0 Å². The summed E-state index contributed by atoms with van der Waals surface area (Å²) in [7, 11) is 3.97. The van der Waals surface area contributed by atoms with Crippen LogP contribution in [0.4, 0.5) is 0 Å². The van der Waals surface area contributed by atoms with Crippen molar-refractivity contribution in [1.29, 1.82) is 0 Å². The highest BCUT2D eigenvalue weighted by Crippen LogP contribution is 2.39. The summed E-state index contributed by atoms with van der Waals surface area (Å²) in [5.74, 6) is 1.46. The molecule has 0 radical (unpaired) electrons. The maximum Gasteiger partial charge on any atom is 0.222 e. The maximum absolute atomic E-state index is 12.8. The minimum absolute atomic E-state index is 0.310. The van der Waals surface area contributed by atoms with Crippen molar-refractivity contribution in [2.75, 3.05) is 40.3 Å². The number of likely N-dealkylation sites (tertiary alicyclic amines) is 2. The molecule has 5 nitrogen and oxygen atoms in total. The first-order valence-corrected chi connectivity index (χ1v) is 10.9. The molecule has 152 valence electrons. The van der Waals surface area contributed by atoms with Gasteiger partial charge in [-0.05, 0) is 56.9 Å². The quantitative estimate of drug-likeness (QED) is 0.693. The van der Waals surface area contributed by atoms with E-state index in [1.54, 1.807) is 0 Å². The second-order valence-corrected chi connectivity index (χ2v) is 9.02. The minimum atomic E-state index is 0.310. The van der Waals surface area contributed by atoms with Gasteiger partial charge in [-0.2, -0.15) is 0 Å². The van der Waals surface area contributed by atoms with Crippen LogP contribution in [0.1, 0.15) is 58.3 Å². The monoisotopic (exact) mass is 375 g/mol. The van der Waals surface area contributed by atoms with Crippen molar-refractivity contribution in [3.63, 3.8) is 0 Å². The molecule has 0 aromatic carbocycles. The number of rotatable bonds is 5. The average molecular weight is 376 g/mol. The van der Waals surface area contributed by atoms with Crippen LogP contribution in [0.25, 0.3) is 0 Å². The molecule has 0 spiro atoms. The zero-order chi connectivity index (χ0) is 19.4. The SMILES string of the molecule is CCCN1C[C@@H](CC(=O)N2CCCCC2)C[C@@H]2CC(=O)C(=CN(C)C)C[C@H]21. The molecule has 2 heterocycles. The van der Waals surface area contributed by atoms with Crippen molar-refractivity contribution in [3.8, 4) is 0 Å². The van der Waals surface area contributed by atoms with E-state index in [0.29, 0.717) is 42.4 Å². The van der Waals surface area contributed by atoms with E-state index < -0.39 is 0 Å². The largest absolute Gasteiger partial charge is 0.383 e. The topological polar surface area (TPSA) is 43.9 Å². The van der Waals surface area contributed by atoms with E-state index in [4.69, 9.17) is 0 Å². The van der Waals surface area contributed by atoms with Gasteiger partial charge in [0.25, 0.3) is 0 Å². The number of nitrogens with zero attached hydrogens (tertiary/aromatic N) is 3. The Hall–Kier alpha value is -1.36. The Bertz CT molecular complexity index is 566. The van der Waals surface area contributed by atoms with Gasteiger partial charge in [-0.3, -0.25) is 14.5 Å². The van der Waals surface area contributed by atoms with Crippen molar-refractivity contribution in [2.24, 2.45) is 11.8 Å². The Kier molecular flexibility index (Phi) is 6.96. The standard InChI is InChI=1S/C22H37N3O2/c1-4-8-25-15-17(12-22(27)24-9-6-5-7-10-24)11-18-14-21(26)19(13-20(18)25)16-23(2)3/h16-18,20H,4-15H2,1-3H3/t17-,18-,20-/m1/s1. The molecule has 27 heavy (non-hydrogen) atoms. The van der Waals surface area contributed by atoms with Crippen molar-refractivity contribution < 1.29 is 9.59 Å². The van der Waals surface area contributed by atoms with Gasteiger partial charge in [-0.1, -0.05) is 6.92 Å². The van der Waals surface area contributed by atoms with Gasteiger partial charge in [0.2, 0.25) is 5.91 Å². The van der Waals surface area contributed by atoms with E-state index in [1.165, 1.54) is 6.42 Å². The third-order valence-electron chi connectivity index (χ3n) is 6.47. The second-order valence-electron chi connectivity index (χ2n) is 9.02. The van der Waals surface area contributed by atoms with Gasteiger partial charge < -0.3 is 9.80 Å². The predicted octanol–water partition coefficient (Wildman–Crippen LogP) is 2.91. The summed E-state index contributed by atoms with van der Waals surface area (Å²) in [5.41, 5.74) is 0.977. The lowest BCUT2D eigenvalue weighted by molar-refractivity contribution is -0.134. The molecule has 3 atom stereocenters. The number of carbonyl (C=O) groups is 2. The molecule has 1 amide bonds. The molecule has 1 saturated carbocycles. The number of piperidine rings is 2. The number of hydrogen-bond donors (Lipinski definition) is 0. The first-order valence-electron chi connectivity index (χ1n) is 10.9. The normalized spacial score (nSPS) is 31.1. The molecule has 0 N–H and O–H groups in total. The summed E-state index contributed by atoms with van der Waals surface area (Å²) < 4.78 is 0. The summed E-state index contributed by atoms with van der Waals surface area (Å²) >= 11 is 0. The highest BCUT2D eigenvalue weighted by molar-refractivity contribution is 5.96. The summed E-state index contributed by atoms with van der Waals surface area (Å²) in [4.78, 5) is 32.0. The van der Waals surface area contributed by atoms with E-state index in [-0.39, 0.29) is 0 Å². The number of Topliss-reactive ketones (excluding diaryl/α,β-unsaturated/α-hetero) is 1. The van der Waals surface area contributed by atoms with Crippen molar-refractivity contribution >= 4 is 11.7 Å². The van der Waals surface area contributed by atoms with E-state index in [0.717, 1.165) is 63.9 Å². The summed E-state index contributed by atoms with van der Waals surface area (Å²) in [6.45, 7) is 6.18. The van der Waals surface area contributed by atoms with Crippen LogP contribution in [-0.2, 0) is 9.59 Å². The summed E-state index contributed by atoms with van der Waals surface area (Å²) in [6, 6.07) is 0.468. The fourth-order valence-corrected chi connectivity index (χ4v) is 5.30. The second kappa shape index (κ2) is 9.22. The molecule has 3 rings (SSSR count). The summed E-state index contributed by atoms with van der Waals surface area (Å²) in [5, 5.41) is 0. The number of hydrogen-bond acceptors (Lipinski definition) is 4. The Morgan fingerprint density at radius 1 is 1.19 bits per heavy atom. The third-order valence-corrected chi connectivity index (χ3v) is 6.47. The van der Waals surface area contributed by atoms with E-state index in [1.807, 2.05) is 25.2 Å². The molecule has 0 aromatic rings. The fraction of sp³-hybridized carbons (Fsp3) is 0.818. The average Bonchev–Trinajstić information content (AvgIpc) is 2.63. The Labute approximate surface area is 164 Å². The number of amides is 1. The minimum Gasteiger partial charge on any atom is -0.383 e. The van der Waals surface area contributed by atoms with Crippen LogP contribution in [0, 0.1) is 11.8 Å². The molecular formula is C22H37N3O2. The lowest BCUT2D eigenvalue weighted by Gasteiger charge is -2.47. The van der Waals surface area contributed by atoms with Crippen LogP contribution >= 0.6 is 0 Å². The molecule has 1 aliphatic carbocycles. The summed E-state index contributed by atoms with van der Waals surface area (Å²) in [6.07, 6.45) is 9.91. The number of fused-ring (bicyclic) bond motifs is 1. The third kappa shape index (κ3) is 5.13. The van der Waals surface area contributed by atoms with Gasteiger partial charge in [0.15, 0.2) is 5.78 Å². The van der Waals surface area contributed by atoms with Crippen LogP contribution in [0.2, 0.25) is 0 Å². The Morgan fingerprint density at radius 3 is 2.59 bits per heavy atom. The van der Waals surface area contributed by atoms with Gasteiger partial charge >= 0.3 is 0 Å². The zero-order valence-corrected chi connectivity index (χ0v) is 17.5. The van der Waals surface area contributed by atoms with E-state index in [9.17, 15) is 9.59 Å². The first kappa shape index (κ1) is 20.4. The van der Waals surface area contributed by atoms with Crippen LogP contribution in [0.15, 0.2) is 11.8 Å². The van der Waals surface area contributed by atoms with Crippen molar-refractivity contribution in [1.82, 2.24) is 14.7 Å². The molecule has 3 aliphatic rings. The molecule has 3 fully saturated rings. The van der Waals surface area contributed by atoms with Gasteiger partial charge in [0.05, 0.1) is 0 Å². The fourth-order valence-electron chi connectivity index (χ4n) is 5.30. The molecule has 0 bridgehead atoms. The molecule has 5 heteroatoms. The smallest absolute Gasteiger partial charge is 0.222 e.